The monoisotopic (exact) mass is 145 g/mol. The molecule has 1 saturated heterocycles. The minimum absolute atomic E-state index is 0.226. The van der Waals surface area contributed by atoms with Gasteiger partial charge in [-0.3, -0.25) is 0 Å². The Morgan fingerprint density at radius 1 is 1.70 bits per heavy atom. The van der Waals surface area contributed by atoms with Crippen molar-refractivity contribution in [2.75, 3.05) is 19.8 Å². The second-order valence-corrected chi connectivity index (χ2v) is 2.60. The van der Waals surface area contributed by atoms with E-state index in [0.29, 0.717) is 6.10 Å². The standard InChI is InChI=1S/C7H15NO2/c1-2-10-7-3-6(5-9)8-4-7/h6-9H,2-5H2,1H3/t6-,7+/m0/s1. The van der Waals surface area contributed by atoms with Crippen LogP contribution in [0.2, 0.25) is 0 Å². The van der Waals surface area contributed by atoms with Crippen molar-refractivity contribution in [1.29, 1.82) is 0 Å². The van der Waals surface area contributed by atoms with Gasteiger partial charge in [0.15, 0.2) is 0 Å². The highest BCUT2D eigenvalue weighted by Crippen LogP contribution is 2.08. The first-order valence-electron chi connectivity index (χ1n) is 3.82. The Hall–Kier alpha value is -0.120. The van der Waals surface area contributed by atoms with Gasteiger partial charge in [-0.05, 0) is 13.3 Å². The molecular formula is C7H15NO2. The van der Waals surface area contributed by atoms with Crippen molar-refractivity contribution in [3.8, 4) is 0 Å². The minimum atomic E-state index is 0.226. The van der Waals surface area contributed by atoms with Gasteiger partial charge in [-0.15, -0.1) is 0 Å². The molecule has 0 saturated carbocycles. The number of hydrogen-bond acceptors (Lipinski definition) is 3. The van der Waals surface area contributed by atoms with Crippen molar-refractivity contribution in [1.82, 2.24) is 5.32 Å². The van der Waals surface area contributed by atoms with Gasteiger partial charge in [0, 0.05) is 19.2 Å². The lowest BCUT2D eigenvalue weighted by Gasteiger charge is -2.07. The normalized spacial score (nSPS) is 33.0. The first-order chi connectivity index (χ1) is 4.86. The van der Waals surface area contributed by atoms with E-state index in [4.69, 9.17) is 9.84 Å². The highest BCUT2D eigenvalue weighted by molar-refractivity contribution is 4.81. The van der Waals surface area contributed by atoms with Gasteiger partial charge in [0.2, 0.25) is 0 Å². The summed E-state index contributed by atoms with van der Waals surface area (Å²) in [4.78, 5) is 0. The van der Waals surface area contributed by atoms with E-state index in [-0.39, 0.29) is 12.6 Å². The van der Waals surface area contributed by atoms with Gasteiger partial charge in [-0.25, -0.2) is 0 Å². The topological polar surface area (TPSA) is 41.5 Å². The summed E-state index contributed by atoms with van der Waals surface area (Å²) in [5, 5.41) is 11.9. The van der Waals surface area contributed by atoms with E-state index in [1.54, 1.807) is 0 Å². The highest BCUT2D eigenvalue weighted by Gasteiger charge is 2.22. The van der Waals surface area contributed by atoms with Crippen LogP contribution in [-0.2, 0) is 4.74 Å². The summed E-state index contributed by atoms with van der Waals surface area (Å²) >= 11 is 0. The molecule has 1 fully saturated rings. The van der Waals surface area contributed by atoms with Crippen LogP contribution in [0.25, 0.3) is 0 Å². The quantitative estimate of drug-likeness (QED) is 0.575. The lowest BCUT2D eigenvalue weighted by molar-refractivity contribution is 0.0739. The second kappa shape index (κ2) is 3.91. The summed E-state index contributed by atoms with van der Waals surface area (Å²) in [5.41, 5.74) is 0. The Labute approximate surface area is 61.4 Å². The lowest BCUT2D eigenvalue weighted by atomic mass is 10.2. The molecule has 1 aliphatic heterocycles. The van der Waals surface area contributed by atoms with E-state index in [2.05, 4.69) is 5.32 Å². The third kappa shape index (κ3) is 1.94. The molecule has 0 unspecified atom stereocenters. The fourth-order valence-corrected chi connectivity index (χ4v) is 1.28. The average molecular weight is 145 g/mol. The summed E-state index contributed by atoms with van der Waals surface area (Å²) < 4.78 is 5.36. The van der Waals surface area contributed by atoms with Gasteiger partial charge in [0.05, 0.1) is 12.7 Å². The smallest absolute Gasteiger partial charge is 0.0715 e. The number of aliphatic hydroxyl groups is 1. The van der Waals surface area contributed by atoms with Gasteiger partial charge in [0.25, 0.3) is 0 Å². The molecule has 2 N–H and O–H groups in total. The number of nitrogens with one attached hydrogen (secondary N) is 1. The van der Waals surface area contributed by atoms with Crippen molar-refractivity contribution in [3.05, 3.63) is 0 Å². The predicted octanol–water partition coefficient (Wildman–Crippen LogP) is -0.254. The third-order valence-electron chi connectivity index (χ3n) is 1.80. The Balaban J connectivity index is 2.15. The zero-order valence-corrected chi connectivity index (χ0v) is 6.34. The molecule has 0 radical (unpaired) electrons. The largest absolute Gasteiger partial charge is 0.395 e. The van der Waals surface area contributed by atoms with E-state index in [9.17, 15) is 0 Å². The van der Waals surface area contributed by atoms with Crippen molar-refractivity contribution >= 4 is 0 Å². The van der Waals surface area contributed by atoms with E-state index in [0.717, 1.165) is 19.6 Å². The van der Waals surface area contributed by atoms with Crippen LogP contribution in [0.3, 0.4) is 0 Å². The van der Waals surface area contributed by atoms with Crippen LogP contribution in [0, 0.1) is 0 Å². The molecular weight excluding hydrogens is 130 g/mol. The van der Waals surface area contributed by atoms with Crippen molar-refractivity contribution in [3.63, 3.8) is 0 Å². The molecule has 0 aromatic carbocycles. The third-order valence-corrected chi connectivity index (χ3v) is 1.80. The maximum atomic E-state index is 8.73. The molecule has 2 atom stereocenters. The molecule has 0 bridgehead atoms. The summed E-state index contributed by atoms with van der Waals surface area (Å²) in [6.45, 7) is 3.87. The predicted molar refractivity (Wildman–Crippen MR) is 38.9 cm³/mol. The molecule has 0 amide bonds. The fourth-order valence-electron chi connectivity index (χ4n) is 1.28. The van der Waals surface area contributed by atoms with Gasteiger partial charge in [-0.2, -0.15) is 0 Å². The van der Waals surface area contributed by atoms with Crippen LogP contribution in [0.15, 0.2) is 0 Å². The van der Waals surface area contributed by atoms with Crippen LogP contribution >= 0.6 is 0 Å². The first-order valence-corrected chi connectivity index (χ1v) is 3.82. The van der Waals surface area contributed by atoms with Crippen molar-refractivity contribution < 1.29 is 9.84 Å². The Morgan fingerprint density at radius 2 is 2.50 bits per heavy atom. The molecule has 0 aliphatic carbocycles. The number of ether oxygens (including phenoxy) is 1. The second-order valence-electron chi connectivity index (χ2n) is 2.60. The SMILES string of the molecule is CCO[C@H]1CN[C@H](CO)C1. The Bertz CT molecular complexity index is 97.6. The van der Waals surface area contributed by atoms with E-state index in [1.807, 2.05) is 6.92 Å². The number of hydrogen-bond donors (Lipinski definition) is 2. The van der Waals surface area contributed by atoms with Crippen LogP contribution in [0.4, 0.5) is 0 Å². The minimum Gasteiger partial charge on any atom is -0.395 e. The molecule has 1 heterocycles. The van der Waals surface area contributed by atoms with Crippen LogP contribution < -0.4 is 5.32 Å². The fraction of sp³-hybridized carbons (Fsp3) is 1.00. The van der Waals surface area contributed by atoms with Gasteiger partial charge < -0.3 is 15.2 Å². The summed E-state index contributed by atoms with van der Waals surface area (Å²) in [6.07, 6.45) is 1.27. The average Bonchev–Trinajstić information content (AvgIpc) is 2.37. The van der Waals surface area contributed by atoms with Gasteiger partial charge in [0.1, 0.15) is 0 Å². The van der Waals surface area contributed by atoms with Crippen LogP contribution in [-0.4, -0.2) is 37.0 Å². The molecule has 3 nitrogen and oxygen atoms in total. The summed E-state index contributed by atoms with van der Waals surface area (Å²) in [5.74, 6) is 0. The van der Waals surface area contributed by atoms with Crippen molar-refractivity contribution in [2.45, 2.75) is 25.5 Å². The highest BCUT2D eigenvalue weighted by atomic mass is 16.5. The lowest BCUT2D eigenvalue weighted by Crippen LogP contribution is -2.24. The maximum Gasteiger partial charge on any atom is 0.0715 e. The van der Waals surface area contributed by atoms with Gasteiger partial charge >= 0.3 is 0 Å². The Morgan fingerprint density at radius 3 is 3.00 bits per heavy atom. The Kier molecular flexibility index (Phi) is 3.12. The molecule has 1 rings (SSSR count). The summed E-state index contributed by atoms with van der Waals surface area (Å²) in [6, 6.07) is 0.261. The summed E-state index contributed by atoms with van der Waals surface area (Å²) in [7, 11) is 0. The first kappa shape index (κ1) is 7.98. The van der Waals surface area contributed by atoms with E-state index in [1.165, 1.54) is 0 Å². The number of rotatable bonds is 3. The number of aliphatic hydroxyl groups excluding tert-OH is 1. The van der Waals surface area contributed by atoms with E-state index >= 15 is 0 Å². The molecule has 0 aromatic heterocycles. The molecule has 60 valence electrons. The molecule has 0 spiro atoms. The maximum absolute atomic E-state index is 8.73. The van der Waals surface area contributed by atoms with Crippen LogP contribution in [0.5, 0.6) is 0 Å². The molecule has 1 aliphatic rings. The molecule has 10 heavy (non-hydrogen) atoms. The molecule has 3 heteroatoms. The van der Waals surface area contributed by atoms with Crippen LogP contribution in [0.1, 0.15) is 13.3 Å². The molecule has 0 aromatic rings. The van der Waals surface area contributed by atoms with Gasteiger partial charge in [-0.1, -0.05) is 0 Å². The zero-order chi connectivity index (χ0) is 7.40. The van der Waals surface area contributed by atoms with E-state index < -0.39 is 0 Å². The zero-order valence-electron chi connectivity index (χ0n) is 6.34. The van der Waals surface area contributed by atoms with Crippen molar-refractivity contribution in [2.24, 2.45) is 0 Å².